The van der Waals surface area contributed by atoms with E-state index in [9.17, 15) is 13.6 Å². The largest absolute Gasteiger partial charge is 0.755 e. The maximum absolute atomic E-state index is 11.6. The van der Waals surface area contributed by atoms with Gasteiger partial charge in [0.1, 0.15) is 6.04 Å². The van der Waals surface area contributed by atoms with Gasteiger partial charge in [-0.1, -0.05) is 24.3 Å². The number of rotatable bonds is 6. The summed E-state index contributed by atoms with van der Waals surface area (Å²) in [5.74, 6) is -1.25. The molecular weight excluding hydrogens is 318 g/mol. The van der Waals surface area contributed by atoms with Gasteiger partial charge in [0.15, 0.2) is 0 Å². The van der Waals surface area contributed by atoms with E-state index in [1.807, 2.05) is 37.2 Å². The van der Waals surface area contributed by atoms with E-state index >= 15 is 0 Å². The van der Waals surface area contributed by atoms with E-state index in [-0.39, 0.29) is 6.54 Å². The first-order chi connectivity index (χ1) is 10.8. The predicted octanol–water partition coefficient (Wildman–Crippen LogP) is 0.918. The van der Waals surface area contributed by atoms with Crippen LogP contribution in [-0.2, 0) is 16.1 Å². The van der Waals surface area contributed by atoms with Crippen LogP contribution in [0.4, 0.5) is 11.4 Å². The third-order valence-corrected chi connectivity index (χ3v) is 4.19. The molecule has 23 heavy (non-hydrogen) atoms. The molecule has 0 heterocycles. The molecule has 0 bridgehead atoms. The molecule has 3 N–H and O–H groups in total. The minimum absolute atomic E-state index is 0.337. The van der Waals surface area contributed by atoms with Crippen LogP contribution in [0, 0.1) is 0 Å². The smallest absolute Gasteiger partial charge is 0.322 e. The molecule has 7 nitrogen and oxygen atoms in total. The van der Waals surface area contributed by atoms with Gasteiger partial charge in [-0.15, -0.1) is 0 Å². The second-order valence-electron chi connectivity index (χ2n) is 5.27. The predicted molar refractivity (Wildman–Crippen MR) is 90.2 cm³/mol. The van der Waals surface area contributed by atoms with Gasteiger partial charge in [0.05, 0.1) is 12.2 Å². The van der Waals surface area contributed by atoms with Gasteiger partial charge >= 0.3 is 5.97 Å². The molecule has 8 heteroatoms. The Morgan fingerprint density at radius 3 is 2.22 bits per heavy atom. The highest BCUT2D eigenvalue weighted by Gasteiger charge is 2.20. The number of carboxylic acids is 1. The van der Waals surface area contributed by atoms with E-state index in [0.29, 0.717) is 11.1 Å². The van der Waals surface area contributed by atoms with E-state index in [2.05, 4.69) is 0 Å². The SMILES string of the molecule is CN(C)c1cccc2c(N(CC(N)C(=O)O)S(=O)[O-])cccc12. The van der Waals surface area contributed by atoms with Crippen LogP contribution >= 0.6 is 0 Å². The van der Waals surface area contributed by atoms with E-state index < -0.39 is 23.3 Å². The number of fused-ring (bicyclic) bond motifs is 1. The molecule has 2 aromatic rings. The fourth-order valence-corrected chi connectivity index (χ4v) is 2.98. The molecule has 0 spiro atoms. The normalized spacial score (nSPS) is 13.6. The van der Waals surface area contributed by atoms with Crippen molar-refractivity contribution in [2.45, 2.75) is 6.04 Å². The van der Waals surface area contributed by atoms with Crippen molar-refractivity contribution in [1.82, 2.24) is 0 Å². The Morgan fingerprint density at radius 2 is 1.74 bits per heavy atom. The molecule has 0 radical (unpaired) electrons. The van der Waals surface area contributed by atoms with Crippen molar-refractivity contribution >= 4 is 39.4 Å². The van der Waals surface area contributed by atoms with Crippen LogP contribution in [-0.4, -0.2) is 46.5 Å². The lowest BCUT2D eigenvalue weighted by molar-refractivity contribution is -0.138. The zero-order valence-corrected chi connectivity index (χ0v) is 13.6. The van der Waals surface area contributed by atoms with Gasteiger partial charge in [-0.25, -0.2) is 0 Å². The maximum Gasteiger partial charge on any atom is 0.322 e. The number of nitrogens with two attached hydrogens (primary N) is 1. The lowest BCUT2D eigenvalue weighted by atomic mass is 10.1. The van der Waals surface area contributed by atoms with Crippen LogP contribution in [0.5, 0.6) is 0 Å². The maximum atomic E-state index is 11.6. The topological polar surface area (TPSA) is 110 Å². The number of aliphatic carboxylic acids is 1. The van der Waals surface area contributed by atoms with E-state index in [4.69, 9.17) is 10.8 Å². The number of anilines is 2. The summed E-state index contributed by atoms with van der Waals surface area (Å²) in [6, 6.07) is 9.49. The van der Waals surface area contributed by atoms with Crippen molar-refractivity contribution < 1.29 is 18.7 Å². The number of hydrogen-bond acceptors (Lipinski definition) is 5. The molecule has 124 valence electrons. The quantitative estimate of drug-likeness (QED) is 0.759. The highest BCUT2D eigenvalue weighted by atomic mass is 32.2. The Bertz CT molecular complexity index is 751. The zero-order chi connectivity index (χ0) is 17.1. The standard InChI is InChI=1S/C15H19N3O4S/c1-17(2)13-7-3-6-11-10(13)5-4-8-14(11)18(23(21)22)9-12(16)15(19)20/h3-8,12H,9,16H2,1-2H3,(H,19,20)(H,21,22)/p-1. The average Bonchev–Trinajstić information content (AvgIpc) is 2.50. The van der Waals surface area contributed by atoms with Crippen molar-refractivity contribution in [1.29, 1.82) is 0 Å². The van der Waals surface area contributed by atoms with Gasteiger partial charge in [-0.3, -0.25) is 13.3 Å². The van der Waals surface area contributed by atoms with Gasteiger partial charge in [0, 0.05) is 41.8 Å². The van der Waals surface area contributed by atoms with E-state index in [1.165, 1.54) is 0 Å². The summed E-state index contributed by atoms with van der Waals surface area (Å²) in [5.41, 5.74) is 6.83. The van der Waals surface area contributed by atoms with Gasteiger partial charge < -0.3 is 20.3 Å². The molecule has 0 saturated heterocycles. The first-order valence-electron chi connectivity index (χ1n) is 6.87. The summed E-state index contributed by atoms with van der Waals surface area (Å²) in [6.07, 6.45) is 0. The van der Waals surface area contributed by atoms with Crippen LogP contribution in [0.25, 0.3) is 10.8 Å². The minimum atomic E-state index is -2.64. The van der Waals surface area contributed by atoms with E-state index in [1.54, 1.807) is 18.2 Å². The summed E-state index contributed by atoms with van der Waals surface area (Å²) < 4.78 is 24.1. The summed E-state index contributed by atoms with van der Waals surface area (Å²) in [6.45, 7) is -0.337. The Kier molecular flexibility index (Phi) is 5.19. The lowest BCUT2D eigenvalue weighted by Crippen LogP contribution is -2.43. The van der Waals surface area contributed by atoms with Crippen LogP contribution in [0.15, 0.2) is 36.4 Å². The first kappa shape index (κ1) is 17.2. The number of hydrogen-bond donors (Lipinski definition) is 2. The third-order valence-electron chi connectivity index (χ3n) is 3.49. The molecular formula is C15H18N3O4S-. The average molecular weight is 336 g/mol. The Morgan fingerprint density at radius 1 is 1.22 bits per heavy atom. The molecule has 0 amide bonds. The van der Waals surface area contributed by atoms with Crippen molar-refractivity contribution in [3.8, 4) is 0 Å². The zero-order valence-electron chi connectivity index (χ0n) is 12.8. The summed E-state index contributed by atoms with van der Waals surface area (Å²) in [7, 11) is 3.79. The fraction of sp³-hybridized carbons (Fsp3) is 0.267. The molecule has 0 aliphatic heterocycles. The van der Waals surface area contributed by atoms with Gasteiger partial charge in [-0.2, -0.15) is 0 Å². The number of nitrogens with zero attached hydrogens (tertiary/aromatic N) is 2. The van der Waals surface area contributed by atoms with Crippen molar-refractivity contribution in [3.05, 3.63) is 36.4 Å². The van der Waals surface area contributed by atoms with Gasteiger partial charge in [0.2, 0.25) is 0 Å². The molecule has 2 aromatic carbocycles. The Labute approximate surface area is 136 Å². The highest BCUT2D eigenvalue weighted by Crippen LogP contribution is 2.33. The summed E-state index contributed by atoms with van der Waals surface area (Å²) in [4.78, 5) is 12.9. The summed E-state index contributed by atoms with van der Waals surface area (Å²) >= 11 is -2.64. The molecule has 0 aromatic heterocycles. The molecule has 0 fully saturated rings. The number of carbonyl (C=O) groups is 1. The molecule has 2 atom stereocenters. The second-order valence-corrected chi connectivity index (χ2v) is 6.14. The first-order valence-corrected chi connectivity index (χ1v) is 7.90. The van der Waals surface area contributed by atoms with Crippen molar-refractivity contribution in [2.75, 3.05) is 29.8 Å². The van der Waals surface area contributed by atoms with Crippen LogP contribution in [0.1, 0.15) is 0 Å². The Hall–Kier alpha value is -2.16. The third kappa shape index (κ3) is 3.61. The fourth-order valence-electron chi connectivity index (χ4n) is 2.38. The van der Waals surface area contributed by atoms with Crippen LogP contribution < -0.4 is 14.9 Å². The second kappa shape index (κ2) is 6.95. The molecule has 0 aliphatic rings. The molecule has 0 saturated carbocycles. The monoisotopic (exact) mass is 336 g/mol. The van der Waals surface area contributed by atoms with Crippen molar-refractivity contribution in [3.63, 3.8) is 0 Å². The Balaban J connectivity index is 2.58. The number of carboxylic acid groups (broad SMARTS) is 1. The number of benzene rings is 2. The van der Waals surface area contributed by atoms with E-state index in [0.717, 1.165) is 15.4 Å². The van der Waals surface area contributed by atoms with Gasteiger partial charge in [-0.05, 0) is 12.1 Å². The molecule has 2 rings (SSSR count). The molecule has 0 aliphatic carbocycles. The van der Waals surface area contributed by atoms with Crippen LogP contribution in [0.2, 0.25) is 0 Å². The molecule has 2 unspecified atom stereocenters. The van der Waals surface area contributed by atoms with Crippen molar-refractivity contribution in [2.24, 2.45) is 5.73 Å². The van der Waals surface area contributed by atoms with Crippen LogP contribution in [0.3, 0.4) is 0 Å². The highest BCUT2D eigenvalue weighted by molar-refractivity contribution is 7.80. The van der Waals surface area contributed by atoms with Gasteiger partial charge in [0.25, 0.3) is 0 Å². The lowest BCUT2D eigenvalue weighted by Gasteiger charge is -2.29. The minimum Gasteiger partial charge on any atom is -0.755 e. The summed E-state index contributed by atoms with van der Waals surface area (Å²) in [5, 5.41) is 10.5.